The fourth-order valence-corrected chi connectivity index (χ4v) is 3.06. The minimum atomic E-state index is -0.271. The number of nitrogens with one attached hydrogen (secondary N) is 2. The molecule has 8 heteroatoms. The number of para-hydroxylation sites is 1. The fourth-order valence-electron chi connectivity index (χ4n) is 3.06. The first kappa shape index (κ1) is 19.9. The molecule has 1 fully saturated rings. The van der Waals surface area contributed by atoms with Crippen molar-refractivity contribution in [3.05, 3.63) is 66.5 Å². The van der Waals surface area contributed by atoms with E-state index in [9.17, 15) is 4.79 Å². The van der Waals surface area contributed by atoms with Crippen molar-refractivity contribution in [3.63, 3.8) is 0 Å². The predicted octanol–water partition coefficient (Wildman–Crippen LogP) is 3.67. The van der Waals surface area contributed by atoms with E-state index in [2.05, 4.69) is 20.9 Å². The van der Waals surface area contributed by atoms with Gasteiger partial charge in [0, 0.05) is 5.69 Å². The maximum Gasteiger partial charge on any atom is 0.277 e. The molecule has 1 saturated heterocycles. The van der Waals surface area contributed by atoms with Crippen LogP contribution in [0.4, 0.5) is 5.69 Å². The first-order valence-electron chi connectivity index (χ1n) is 9.05. The number of benzene rings is 2. The van der Waals surface area contributed by atoms with Crippen LogP contribution in [-0.4, -0.2) is 34.0 Å². The van der Waals surface area contributed by atoms with Gasteiger partial charge in [0.1, 0.15) is 11.5 Å². The van der Waals surface area contributed by atoms with Crippen LogP contribution in [0.25, 0.3) is 0 Å². The molecule has 7 nitrogen and oxygen atoms in total. The van der Waals surface area contributed by atoms with Crippen LogP contribution >= 0.6 is 12.4 Å². The van der Waals surface area contributed by atoms with Crippen molar-refractivity contribution in [1.29, 1.82) is 0 Å². The molecule has 0 aliphatic carbocycles. The van der Waals surface area contributed by atoms with E-state index < -0.39 is 0 Å². The Morgan fingerprint density at radius 2 is 1.71 bits per heavy atom. The molecule has 0 atom stereocenters. The molecule has 1 aliphatic rings. The summed E-state index contributed by atoms with van der Waals surface area (Å²) in [7, 11) is 0. The van der Waals surface area contributed by atoms with Gasteiger partial charge in [0.15, 0.2) is 5.69 Å². The van der Waals surface area contributed by atoms with Gasteiger partial charge in [-0.3, -0.25) is 4.79 Å². The minimum Gasteiger partial charge on any atom is -0.457 e. The predicted molar refractivity (Wildman–Crippen MR) is 109 cm³/mol. The Morgan fingerprint density at radius 3 is 2.43 bits per heavy atom. The molecule has 146 valence electrons. The number of anilines is 1. The lowest BCUT2D eigenvalue weighted by Crippen LogP contribution is -2.29. The molecule has 0 radical (unpaired) electrons. The molecule has 28 heavy (non-hydrogen) atoms. The third kappa shape index (κ3) is 4.88. The van der Waals surface area contributed by atoms with Gasteiger partial charge in [0.05, 0.1) is 12.2 Å². The van der Waals surface area contributed by atoms with Gasteiger partial charge in [-0.05, 0) is 62.3 Å². The molecule has 2 heterocycles. The van der Waals surface area contributed by atoms with E-state index in [1.54, 1.807) is 23.0 Å². The summed E-state index contributed by atoms with van der Waals surface area (Å²) >= 11 is 0. The summed E-state index contributed by atoms with van der Waals surface area (Å²) in [6.07, 6.45) is 3.71. The van der Waals surface area contributed by atoms with Crippen molar-refractivity contribution < 1.29 is 9.53 Å². The molecule has 2 N–H and O–H groups in total. The van der Waals surface area contributed by atoms with Crippen LogP contribution in [0.15, 0.2) is 60.8 Å². The second-order valence-corrected chi connectivity index (χ2v) is 6.46. The number of carbonyl (C=O) groups excluding carboxylic acids is 1. The third-order valence-corrected chi connectivity index (χ3v) is 4.52. The highest BCUT2D eigenvalue weighted by Gasteiger charge is 2.18. The van der Waals surface area contributed by atoms with Crippen LogP contribution in [-0.2, 0) is 0 Å². The number of hydrogen-bond acceptors (Lipinski definition) is 5. The van der Waals surface area contributed by atoms with Crippen molar-refractivity contribution in [3.8, 4) is 11.5 Å². The lowest BCUT2D eigenvalue weighted by atomic mass is 10.1. The second kappa shape index (κ2) is 9.34. The van der Waals surface area contributed by atoms with Crippen molar-refractivity contribution in [1.82, 2.24) is 20.3 Å². The van der Waals surface area contributed by atoms with E-state index in [0.29, 0.717) is 23.2 Å². The molecule has 1 aromatic heterocycles. The van der Waals surface area contributed by atoms with Gasteiger partial charge in [-0.25, -0.2) is 4.68 Å². The van der Waals surface area contributed by atoms with E-state index in [-0.39, 0.29) is 18.3 Å². The SMILES string of the molecule is Cl.O=C(Nc1ccc(Oc2ccccc2)cc1)c1cn(C2CCNCC2)nn1. The Morgan fingerprint density at radius 1 is 1.04 bits per heavy atom. The zero-order chi connectivity index (χ0) is 18.5. The molecule has 0 bridgehead atoms. The highest BCUT2D eigenvalue weighted by molar-refractivity contribution is 6.02. The smallest absolute Gasteiger partial charge is 0.277 e. The second-order valence-electron chi connectivity index (χ2n) is 6.46. The Labute approximate surface area is 169 Å². The number of ether oxygens (including phenoxy) is 1. The number of piperidine rings is 1. The van der Waals surface area contributed by atoms with E-state index in [0.717, 1.165) is 31.7 Å². The summed E-state index contributed by atoms with van der Waals surface area (Å²) in [5, 5.41) is 14.3. The summed E-state index contributed by atoms with van der Waals surface area (Å²) in [6.45, 7) is 1.92. The summed E-state index contributed by atoms with van der Waals surface area (Å²) in [5.74, 6) is 1.20. The zero-order valence-electron chi connectivity index (χ0n) is 15.2. The van der Waals surface area contributed by atoms with Crippen LogP contribution in [0.2, 0.25) is 0 Å². The Kier molecular flexibility index (Phi) is 6.62. The van der Waals surface area contributed by atoms with Crippen LogP contribution in [0, 0.1) is 0 Å². The van der Waals surface area contributed by atoms with Crippen LogP contribution in [0.1, 0.15) is 29.4 Å². The molecule has 2 aromatic carbocycles. The first-order valence-corrected chi connectivity index (χ1v) is 9.05. The normalized spacial score (nSPS) is 14.1. The van der Waals surface area contributed by atoms with E-state index in [1.807, 2.05) is 42.5 Å². The molecule has 0 spiro atoms. The standard InChI is InChI=1S/C20H21N5O2.ClH/c26-20(19-14-25(24-23-19)16-10-12-21-13-11-16)22-15-6-8-18(9-7-15)27-17-4-2-1-3-5-17;/h1-9,14,16,21H,10-13H2,(H,22,26);1H. The number of rotatable bonds is 5. The highest BCUT2D eigenvalue weighted by Crippen LogP contribution is 2.23. The summed E-state index contributed by atoms with van der Waals surface area (Å²) in [6, 6.07) is 17.1. The quantitative estimate of drug-likeness (QED) is 0.684. The Balaban J connectivity index is 0.00000225. The molecule has 1 aliphatic heterocycles. The maximum atomic E-state index is 12.4. The number of nitrogens with zero attached hydrogens (tertiary/aromatic N) is 3. The van der Waals surface area contributed by atoms with Gasteiger partial charge in [-0.2, -0.15) is 0 Å². The molecular formula is C20H22ClN5O2. The summed E-state index contributed by atoms with van der Waals surface area (Å²) in [5.41, 5.74) is 0.995. The van der Waals surface area contributed by atoms with E-state index in [1.165, 1.54) is 0 Å². The van der Waals surface area contributed by atoms with Crippen molar-refractivity contribution >= 4 is 24.0 Å². The lowest BCUT2D eigenvalue weighted by molar-refractivity contribution is 0.102. The van der Waals surface area contributed by atoms with Gasteiger partial charge in [0.25, 0.3) is 5.91 Å². The van der Waals surface area contributed by atoms with Crippen LogP contribution in [0.3, 0.4) is 0 Å². The van der Waals surface area contributed by atoms with Crippen LogP contribution < -0.4 is 15.4 Å². The van der Waals surface area contributed by atoms with Crippen LogP contribution in [0.5, 0.6) is 11.5 Å². The van der Waals surface area contributed by atoms with E-state index >= 15 is 0 Å². The van der Waals surface area contributed by atoms with Crippen molar-refractivity contribution in [2.75, 3.05) is 18.4 Å². The lowest BCUT2D eigenvalue weighted by Gasteiger charge is -2.22. The minimum absolute atomic E-state index is 0. The molecule has 0 unspecified atom stereocenters. The third-order valence-electron chi connectivity index (χ3n) is 4.52. The van der Waals surface area contributed by atoms with Crippen molar-refractivity contribution in [2.45, 2.75) is 18.9 Å². The molecule has 1 amide bonds. The van der Waals surface area contributed by atoms with Gasteiger partial charge in [0.2, 0.25) is 0 Å². The number of hydrogen-bond donors (Lipinski definition) is 2. The largest absolute Gasteiger partial charge is 0.457 e. The zero-order valence-corrected chi connectivity index (χ0v) is 16.1. The van der Waals surface area contributed by atoms with Gasteiger partial charge in [-0.1, -0.05) is 23.4 Å². The average Bonchev–Trinajstić information content (AvgIpc) is 3.21. The molecule has 4 rings (SSSR count). The average molecular weight is 400 g/mol. The Hall–Kier alpha value is -2.90. The number of halogens is 1. The monoisotopic (exact) mass is 399 g/mol. The van der Waals surface area contributed by atoms with Gasteiger partial charge < -0.3 is 15.4 Å². The number of carbonyl (C=O) groups is 1. The first-order chi connectivity index (χ1) is 13.3. The maximum absolute atomic E-state index is 12.4. The number of aromatic nitrogens is 3. The summed E-state index contributed by atoms with van der Waals surface area (Å²) < 4.78 is 7.55. The molecule has 3 aromatic rings. The fraction of sp³-hybridized carbons (Fsp3) is 0.250. The van der Waals surface area contributed by atoms with Gasteiger partial charge >= 0.3 is 0 Å². The van der Waals surface area contributed by atoms with E-state index in [4.69, 9.17) is 4.74 Å². The topological polar surface area (TPSA) is 81.1 Å². The molecule has 0 saturated carbocycles. The van der Waals surface area contributed by atoms with Gasteiger partial charge in [-0.15, -0.1) is 17.5 Å². The molecular weight excluding hydrogens is 378 g/mol. The summed E-state index contributed by atoms with van der Waals surface area (Å²) in [4.78, 5) is 12.4. The number of amides is 1. The van der Waals surface area contributed by atoms with Crippen molar-refractivity contribution in [2.24, 2.45) is 0 Å². The highest BCUT2D eigenvalue weighted by atomic mass is 35.5. The Bertz CT molecular complexity index is 892.